The number of rotatable bonds is 7. The summed E-state index contributed by atoms with van der Waals surface area (Å²) in [5.41, 5.74) is 7.29. The van der Waals surface area contributed by atoms with Gasteiger partial charge in [-0.1, -0.05) is 131 Å². The summed E-state index contributed by atoms with van der Waals surface area (Å²) in [4.78, 5) is 6.62. The first-order chi connectivity index (χ1) is 19.8. The molecule has 0 aliphatic carbocycles. The molecule has 0 unspecified atom stereocenters. The molecule has 0 atom stereocenters. The van der Waals surface area contributed by atoms with E-state index in [4.69, 9.17) is 0 Å². The van der Waals surface area contributed by atoms with Crippen LogP contribution in [0.1, 0.15) is 70.2 Å². The van der Waals surface area contributed by atoms with Crippen molar-refractivity contribution in [1.29, 1.82) is 0 Å². The second-order valence-electron chi connectivity index (χ2n) is 9.15. The van der Waals surface area contributed by atoms with Gasteiger partial charge in [-0.2, -0.15) is 0 Å². The molecule has 0 aliphatic heterocycles. The van der Waals surface area contributed by atoms with Crippen molar-refractivity contribution in [3.8, 4) is 0 Å². The van der Waals surface area contributed by atoms with Crippen LogP contribution in [0.5, 0.6) is 0 Å². The lowest BCUT2D eigenvalue weighted by Crippen LogP contribution is -2.26. The molecule has 3 nitrogen and oxygen atoms in total. The number of benzene rings is 3. The van der Waals surface area contributed by atoms with Crippen LogP contribution in [0.15, 0.2) is 109 Å². The first-order valence-corrected chi connectivity index (χ1v) is 15.7. The average molecular weight is 576 g/mol. The van der Waals surface area contributed by atoms with Gasteiger partial charge in [0, 0.05) is 24.2 Å². The number of aryl methyl sites for hydroxylation is 2. The van der Waals surface area contributed by atoms with Crippen LogP contribution in [-0.2, 0) is 12.2 Å². The molecule has 0 spiro atoms. The molecule has 4 heteroatoms. The van der Waals surface area contributed by atoms with Crippen LogP contribution in [-0.4, -0.2) is 25.8 Å². The number of aliphatic imine (C=N–C) groups is 1. The molecule has 3 aromatic carbocycles. The first-order valence-electron chi connectivity index (χ1n) is 14.7. The van der Waals surface area contributed by atoms with Crippen molar-refractivity contribution >= 4 is 22.6 Å². The molecule has 0 saturated heterocycles. The van der Waals surface area contributed by atoms with Gasteiger partial charge in [-0.05, 0) is 76.5 Å². The Morgan fingerprint density at radius 3 is 1.88 bits per heavy atom. The van der Waals surface area contributed by atoms with Gasteiger partial charge in [0.15, 0.2) is 5.17 Å². The van der Waals surface area contributed by atoms with Crippen LogP contribution in [0.4, 0.5) is 5.69 Å². The second-order valence-corrected chi connectivity index (χ2v) is 10.1. The summed E-state index contributed by atoms with van der Waals surface area (Å²) in [7, 11) is 3.81. The van der Waals surface area contributed by atoms with Gasteiger partial charge in [0.25, 0.3) is 0 Å². The normalized spacial score (nSPS) is 9.66. The van der Waals surface area contributed by atoms with E-state index in [2.05, 4.69) is 129 Å². The summed E-state index contributed by atoms with van der Waals surface area (Å²) >= 11 is 1.74. The minimum Gasteiger partial charge on any atom is -0.319 e. The third-order valence-electron chi connectivity index (χ3n) is 4.98. The number of amidine groups is 1. The predicted octanol–water partition coefficient (Wildman–Crippen LogP) is 10.6. The van der Waals surface area contributed by atoms with Gasteiger partial charge in [-0.15, -0.1) is 6.58 Å². The SMILES string of the molecule is C=C(C)N(C(=NC)SCc1cccc(C)c1)c1cccc(C)c1.C=CC.CC.CCC.CNCCc1ccccc1. The molecule has 226 valence electrons. The highest BCUT2D eigenvalue weighted by molar-refractivity contribution is 8.13. The summed E-state index contributed by atoms with van der Waals surface area (Å²) in [5, 5.41) is 4.08. The van der Waals surface area contributed by atoms with E-state index in [9.17, 15) is 0 Å². The van der Waals surface area contributed by atoms with Crippen molar-refractivity contribution < 1.29 is 0 Å². The smallest absolute Gasteiger partial charge is 0.168 e. The predicted molar refractivity (Wildman–Crippen MR) is 192 cm³/mol. The molecule has 41 heavy (non-hydrogen) atoms. The summed E-state index contributed by atoms with van der Waals surface area (Å²) in [6.45, 7) is 24.9. The maximum Gasteiger partial charge on any atom is 0.168 e. The molecule has 0 heterocycles. The second kappa shape index (κ2) is 27.1. The zero-order valence-corrected chi connectivity index (χ0v) is 28.4. The number of likely N-dealkylation sites (N-methyl/N-ethyl adjacent to an activating group) is 1. The fraction of sp³-hybridized carbons (Fsp3) is 0.378. The Bertz CT molecular complexity index is 1090. The summed E-state index contributed by atoms with van der Waals surface area (Å²) in [5.74, 6) is 0.893. The van der Waals surface area contributed by atoms with E-state index in [1.807, 2.05) is 47.9 Å². The summed E-state index contributed by atoms with van der Waals surface area (Å²) < 4.78 is 0. The number of allylic oxidation sites excluding steroid dienone is 2. The Kier molecular flexibility index (Phi) is 26.5. The van der Waals surface area contributed by atoms with E-state index in [1.165, 1.54) is 28.7 Å². The van der Waals surface area contributed by atoms with Crippen molar-refractivity contribution in [2.24, 2.45) is 4.99 Å². The van der Waals surface area contributed by atoms with Gasteiger partial charge < -0.3 is 5.32 Å². The Balaban J connectivity index is 0. The molecule has 1 N–H and O–H groups in total. The fourth-order valence-corrected chi connectivity index (χ4v) is 4.35. The lowest BCUT2D eigenvalue weighted by atomic mass is 10.2. The average Bonchev–Trinajstić information content (AvgIpc) is 2.97. The lowest BCUT2D eigenvalue weighted by Gasteiger charge is -2.26. The van der Waals surface area contributed by atoms with E-state index in [1.54, 1.807) is 17.8 Å². The Morgan fingerprint density at radius 2 is 1.41 bits per heavy atom. The maximum absolute atomic E-state index is 4.50. The zero-order valence-electron chi connectivity index (χ0n) is 27.6. The molecule has 0 bridgehead atoms. The first kappa shape index (κ1) is 40.1. The zero-order chi connectivity index (χ0) is 31.5. The van der Waals surface area contributed by atoms with Gasteiger partial charge in [0.1, 0.15) is 0 Å². The molecule has 0 saturated carbocycles. The van der Waals surface area contributed by atoms with Gasteiger partial charge in [-0.3, -0.25) is 9.89 Å². The van der Waals surface area contributed by atoms with Gasteiger partial charge in [0.2, 0.25) is 0 Å². The molecule has 0 radical (unpaired) electrons. The van der Waals surface area contributed by atoms with Crippen molar-refractivity contribution in [2.75, 3.05) is 25.5 Å². The number of nitrogens with zero attached hydrogens (tertiary/aromatic N) is 2. The highest BCUT2D eigenvalue weighted by Crippen LogP contribution is 2.26. The number of anilines is 1. The van der Waals surface area contributed by atoms with Gasteiger partial charge in [-0.25, -0.2) is 0 Å². The standard InChI is InChI=1S/C20H24N2S.C9H13N.C3H8.C3H6.C2H6/c1-15(2)22(19-11-7-9-17(4)13-19)20(21-5)23-14-18-10-6-8-16(3)12-18;1-10-8-7-9-5-3-2-4-6-9;2*1-3-2;1-2/h6-13H,1,14H2,2-5H3;2-6,10H,7-8H2,1H3;3H2,1-2H3;3H,1H2,2H3;1-2H3. The molecule has 0 fully saturated rings. The largest absolute Gasteiger partial charge is 0.319 e. The summed E-state index contributed by atoms with van der Waals surface area (Å²) in [6.07, 6.45) is 4.12. The Labute approximate surface area is 257 Å². The minimum atomic E-state index is 0.893. The number of nitrogens with one attached hydrogen (secondary N) is 1. The van der Waals surface area contributed by atoms with E-state index in [0.717, 1.165) is 35.3 Å². The summed E-state index contributed by atoms with van der Waals surface area (Å²) in [6, 6.07) is 27.5. The maximum atomic E-state index is 4.50. The van der Waals surface area contributed by atoms with Crippen LogP contribution in [0.25, 0.3) is 0 Å². The van der Waals surface area contributed by atoms with Crippen molar-refractivity contribution in [3.05, 3.63) is 126 Å². The number of hydrogen-bond donors (Lipinski definition) is 1. The van der Waals surface area contributed by atoms with E-state index >= 15 is 0 Å². The van der Waals surface area contributed by atoms with E-state index in [-0.39, 0.29) is 0 Å². The molecular formula is C37H57N3S. The Morgan fingerprint density at radius 1 is 0.902 bits per heavy atom. The van der Waals surface area contributed by atoms with Gasteiger partial charge >= 0.3 is 0 Å². The van der Waals surface area contributed by atoms with Gasteiger partial charge in [0.05, 0.1) is 0 Å². The quantitative estimate of drug-likeness (QED) is 0.172. The molecule has 0 amide bonds. The van der Waals surface area contributed by atoms with E-state index in [0.29, 0.717) is 0 Å². The molecule has 0 aliphatic rings. The highest BCUT2D eigenvalue weighted by Gasteiger charge is 2.15. The molecule has 3 rings (SSSR count). The number of hydrogen-bond acceptors (Lipinski definition) is 3. The minimum absolute atomic E-state index is 0.893. The third-order valence-corrected chi connectivity index (χ3v) is 6.08. The molecule has 3 aromatic rings. The topological polar surface area (TPSA) is 27.6 Å². The van der Waals surface area contributed by atoms with Crippen molar-refractivity contribution in [3.63, 3.8) is 0 Å². The molecule has 0 aromatic heterocycles. The third kappa shape index (κ3) is 19.6. The van der Waals surface area contributed by atoms with Crippen molar-refractivity contribution in [2.45, 2.75) is 74.0 Å². The monoisotopic (exact) mass is 575 g/mol. The van der Waals surface area contributed by atoms with Crippen LogP contribution in [0.2, 0.25) is 0 Å². The van der Waals surface area contributed by atoms with Crippen molar-refractivity contribution in [1.82, 2.24) is 5.32 Å². The van der Waals surface area contributed by atoms with Crippen LogP contribution < -0.4 is 10.2 Å². The Hall–Kier alpha value is -3.08. The van der Waals surface area contributed by atoms with Crippen LogP contribution >= 0.6 is 11.8 Å². The fourth-order valence-electron chi connectivity index (χ4n) is 3.35. The molecular weight excluding hydrogens is 518 g/mol. The van der Waals surface area contributed by atoms with E-state index < -0.39 is 0 Å². The highest BCUT2D eigenvalue weighted by atomic mass is 32.2. The van der Waals surface area contributed by atoms with Crippen LogP contribution in [0.3, 0.4) is 0 Å². The van der Waals surface area contributed by atoms with Crippen LogP contribution in [0, 0.1) is 13.8 Å². The lowest BCUT2D eigenvalue weighted by molar-refractivity contribution is 0.792. The number of thioether (sulfide) groups is 1.